The van der Waals surface area contributed by atoms with E-state index in [0.29, 0.717) is 54.4 Å². The van der Waals surface area contributed by atoms with E-state index in [1.54, 1.807) is 42.6 Å². The maximum atomic E-state index is 13.3. The second-order valence-electron chi connectivity index (χ2n) is 10.2. The van der Waals surface area contributed by atoms with Crippen LogP contribution in [0.1, 0.15) is 27.9 Å². The molecule has 0 aliphatic carbocycles. The summed E-state index contributed by atoms with van der Waals surface area (Å²) in [4.78, 5) is 21.7. The Morgan fingerprint density at radius 1 is 1.00 bits per heavy atom. The summed E-state index contributed by atoms with van der Waals surface area (Å²) in [6.07, 6.45) is 2.33. The Hall–Kier alpha value is -4.35. The van der Waals surface area contributed by atoms with Gasteiger partial charge in [0.1, 0.15) is 4.90 Å². The first-order chi connectivity index (χ1) is 20.2. The first kappa shape index (κ1) is 29.2. The molecule has 1 aliphatic heterocycles. The molecule has 0 unspecified atom stereocenters. The van der Waals surface area contributed by atoms with Crippen LogP contribution in [-0.2, 0) is 16.6 Å². The van der Waals surface area contributed by atoms with Gasteiger partial charge in [-0.3, -0.25) is 19.4 Å². The summed E-state index contributed by atoms with van der Waals surface area (Å²) in [7, 11) is -0.860. The number of pyridine rings is 1. The number of hydrogen-bond acceptors (Lipinski definition) is 8. The van der Waals surface area contributed by atoms with Crippen LogP contribution >= 0.6 is 0 Å². The number of fused-ring (bicyclic) bond motifs is 1. The highest BCUT2D eigenvalue weighted by atomic mass is 32.2. The number of benzene rings is 3. The summed E-state index contributed by atoms with van der Waals surface area (Å²) in [6, 6.07) is 16.9. The fraction of sp³-hybridized carbons (Fsp3) is 0.290. The van der Waals surface area contributed by atoms with Crippen LogP contribution in [0.3, 0.4) is 0 Å². The summed E-state index contributed by atoms with van der Waals surface area (Å²) in [6.45, 7) is 4.95. The molecule has 2 N–H and O–H groups in total. The zero-order valence-electron chi connectivity index (χ0n) is 23.8. The van der Waals surface area contributed by atoms with E-state index < -0.39 is 10.0 Å². The minimum atomic E-state index is -3.89. The van der Waals surface area contributed by atoms with E-state index in [-0.39, 0.29) is 16.6 Å². The van der Waals surface area contributed by atoms with Gasteiger partial charge in [-0.05, 0) is 61.4 Å². The largest absolute Gasteiger partial charge is 0.504 e. The quantitative estimate of drug-likeness (QED) is 0.310. The molecule has 1 aromatic heterocycles. The zero-order chi connectivity index (χ0) is 29.9. The number of hydrogen-bond donors (Lipinski definition) is 2. The van der Waals surface area contributed by atoms with E-state index in [1.165, 1.54) is 20.3 Å². The molecular weight excluding hydrogens is 556 g/mol. The third-order valence-electron chi connectivity index (χ3n) is 7.50. The zero-order valence-corrected chi connectivity index (χ0v) is 24.6. The van der Waals surface area contributed by atoms with Crippen LogP contribution in [0.15, 0.2) is 71.8 Å². The lowest BCUT2D eigenvalue weighted by molar-refractivity contribution is 0.0761. The smallest absolute Gasteiger partial charge is 0.264 e. The van der Waals surface area contributed by atoms with E-state index in [9.17, 15) is 18.3 Å². The van der Waals surface area contributed by atoms with Crippen molar-refractivity contribution in [3.8, 4) is 17.2 Å². The highest BCUT2D eigenvalue weighted by Gasteiger charge is 2.24. The summed E-state index contributed by atoms with van der Waals surface area (Å²) >= 11 is 0. The van der Waals surface area contributed by atoms with E-state index in [0.717, 1.165) is 29.5 Å². The number of para-hydroxylation sites is 1. The minimum absolute atomic E-state index is 0.0685. The number of methoxy groups -OCH3 is 2. The van der Waals surface area contributed by atoms with Crippen molar-refractivity contribution in [2.24, 2.45) is 0 Å². The van der Waals surface area contributed by atoms with Gasteiger partial charge < -0.3 is 19.5 Å². The highest BCUT2D eigenvalue weighted by Crippen LogP contribution is 2.41. The van der Waals surface area contributed by atoms with Crippen molar-refractivity contribution in [3.63, 3.8) is 0 Å². The van der Waals surface area contributed by atoms with Crippen LogP contribution in [0, 0.1) is 6.92 Å². The lowest BCUT2D eigenvalue weighted by Crippen LogP contribution is -2.35. The summed E-state index contributed by atoms with van der Waals surface area (Å²) < 4.78 is 39.6. The number of sulfonamides is 1. The average molecular weight is 591 g/mol. The lowest BCUT2D eigenvalue weighted by atomic mass is 10.1. The van der Waals surface area contributed by atoms with E-state index in [1.807, 2.05) is 30.0 Å². The van der Waals surface area contributed by atoms with Gasteiger partial charge in [0.2, 0.25) is 5.75 Å². The molecular formula is C31H34N4O6S. The molecule has 1 amide bonds. The molecule has 11 heteroatoms. The summed E-state index contributed by atoms with van der Waals surface area (Å²) in [5.74, 6) is 0.742. The van der Waals surface area contributed by atoms with Crippen molar-refractivity contribution in [3.05, 3.63) is 83.6 Å². The van der Waals surface area contributed by atoms with Gasteiger partial charge in [0.05, 0.1) is 19.7 Å². The van der Waals surface area contributed by atoms with Gasteiger partial charge in [-0.2, -0.15) is 0 Å². The van der Waals surface area contributed by atoms with Gasteiger partial charge in [0.25, 0.3) is 15.9 Å². The molecule has 1 saturated heterocycles. The van der Waals surface area contributed by atoms with Gasteiger partial charge >= 0.3 is 0 Å². The Kier molecular flexibility index (Phi) is 8.51. The van der Waals surface area contributed by atoms with E-state index >= 15 is 0 Å². The third kappa shape index (κ3) is 5.97. The number of anilines is 1. The maximum Gasteiger partial charge on any atom is 0.264 e. The van der Waals surface area contributed by atoms with Gasteiger partial charge in [0, 0.05) is 61.1 Å². The molecule has 0 bridgehead atoms. The van der Waals surface area contributed by atoms with E-state index in [2.05, 4.69) is 14.6 Å². The number of nitrogens with zero attached hydrogens (tertiary/aromatic N) is 3. The molecule has 2 heterocycles. The Morgan fingerprint density at radius 2 is 1.76 bits per heavy atom. The maximum absolute atomic E-state index is 13.3. The molecule has 42 heavy (non-hydrogen) atoms. The molecule has 5 rings (SSSR count). The number of ether oxygens (including phenoxy) is 2. The third-order valence-corrected chi connectivity index (χ3v) is 8.91. The van der Waals surface area contributed by atoms with Crippen LogP contribution in [-0.4, -0.2) is 74.6 Å². The normalized spacial score (nSPS) is 14.4. The van der Waals surface area contributed by atoms with Gasteiger partial charge in [-0.25, -0.2) is 8.42 Å². The second-order valence-corrected chi connectivity index (χ2v) is 11.8. The first-order valence-electron chi connectivity index (χ1n) is 13.6. The van der Waals surface area contributed by atoms with Crippen molar-refractivity contribution in [2.45, 2.75) is 24.8 Å². The van der Waals surface area contributed by atoms with Gasteiger partial charge in [0.15, 0.2) is 11.5 Å². The lowest BCUT2D eigenvalue weighted by Gasteiger charge is -2.24. The number of phenolic OH excluding ortho intramolecular Hbond substituents is 1. The Bertz CT molecular complexity index is 1700. The number of rotatable bonds is 8. The predicted molar refractivity (Wildman–Crippen MR) is 161 cm³/mol. The number of aromatic hydroxyl groups is 1. The second kappa shape index (κ2) is 12.3. The summed E-state index contributed by atoms with van der Waals surface area (Å²) in [5.41, 5.74) is 2.89. The number of carbonyl (C=O) groups is 1. The molecule has 4 aromatic rings. The standard InChI is InChI=1S/C31H34N4O6S/c1-21-19-26(40-2)30(41-3)29(36)25(21)20-34-15-6-16-35(18-17-34)31(37)23-10-12-24(13-11-23)33-42(38,39)27-9-4-7-22-8-5-14-32-28(22)27/h4-5,7-14,19,33,36H,6,15-18,20H2,1-3H3. The molecule has 220 valence electrons. The number of phenols is 1. The number of nitrogens with one attached hydrogen (secondary N) is 1. The van der Waals surface area contributed by atoms with Gasteiger partial charge in [-0.1, -0.05) is 18.2 Å². The summed E-state index contributed by atoms with van der Waals surface area (Å²) in [5, 5.41) is 11.6. The highest BCUT2D eigenvalue weighted by molar-refractivity contribution is 7.93. The Morgan fingerprint density at radius 3 is 2.50 bits per heavy atom. The molecule has 3 aromatic carbocycles. The fourth-order valence-corrected chi connectivity index (χ4v) is 6.50. The average Bonchev–Trinajstić information content (AvgIpc) is 3.24. The molecule has 0 atom stereocenters. The van der Waals surface area contributed by atoms with Crippen molar-refractivity contribution in [1.29, 1.82) is 0 Å². The number of aryl methyl sites for hydroxylation is 1. The number of carbonyl (C=O) groups excluding carboxylic acids is 1. The number of aromatic nitrogens is 1. The van der Waals surface area contributed by atoms with Crippen molar-refractivity contribution >= 4 is 32.5 Å². The van der Waals surface area contributed by atoms with Crippen molar-refractivity contribution in [2.75, 3.05) is 45.1 Å². The fourth-order valence-electron chi connectivity index (χ4n) is 5.26. The monoisotopic (exact) mass is 590 g/mol. The van der Waals surface area contributed by atoms with E-state index in [4.69, 9.17) is 9.47 Å². The molecule has 0 radical (unpaired) electrons. The topological polar surface area (TPSA) is 121 Å². The SMILES string of the molecule is COc1cc(C)c(CN2CCCN(C(=O)c3ccc(NS(=O)(=O)c4cccc5cccnc45)cc3)CC2)c(O)c1OC. The molecule has 1 fully saturated rings. The van der Waals surface area contributed by atoms with Crippen molar-refractivity contribution < 1.29 is 27.8 Å². The molecule has 1 aliphatic rings. The minimum Gasteiger partial charge on any atom is -0.504 e. The van der Waals surface area contributed by atoms with Gasteiger partial charge in [-0.15, -0.1) is 0 Å². The molecule has 0 saturated carbocycles. The Balaban J connectivity index is 1.24. The first-order valence-corrected chi connectivity index (χ1v) is 15.1. The van der Waals surface area contributed by atoms with Crippen LogP contribution < -0.4 is 14.2 Å². The van der Waals surface area contributed by atoms with Crippen LogP contribution in [0.25, 0.3) is 10.9 Å². The molecule has 0 spiro atoms. The molecule has 10 nitrogen and oxygen atoms in total. The van der Waals surface area contributed by atoms with Crippen LogP contribution in [0.5, 0.6) is 17.2 Å². The number of amides is 1. The predicted octanol–water partition coefficient (Wildman–Crippen LogP) is 4.41. The van der Waals surface area contributed by atoms with Crippen LogP contribution in [0.2, 0.25) is 0 Å². The van der Waals surface area contributed by atoms with Crippen molar-refractivity contribution in [1.82, 2.24) is 14.8 Å². The Labute approximate surface area is 245 Å². The van der Waals surface area contributed by atoms with Crippen LogP contribution in [0.4, 0.5) is 5.69 Å².